The zero-order valence-corrected chi connectivity index (χ0v) is 18.1. The lowest BCUT2D eigenvalue weighted by Crippen LogP contribution is -2.44. The minimum Gasteiger partial charge on any atom is -0.480 e. The van der Waals surface area contributed by atoms with Crippen molar-refractivity contribution in [2.45, 2.75) is 38.8 Å². The third kappa shape index (κ3) is 3.92. The number of rotatable bonds is 5. The molecule has 1 aliphatic rings. The molecule has 0 saturated carbocycles. The molecule has 0 amide bonds. The highest BCUT2D eigenvalue weighted by Crippen LogP contribution is 2.34. The summed E-state index contributed by atoms with van der Waals surface area (Å²) in [5.74, 6) is 0.0427. The summed E-state index contributed by atoms with van der Waals surface area (Å²) in [5.41, 5.74) is 6.00. The summed E-state index contributed by atoms with van der Waals surface area (Å²) in [4.78, 5) is 18.3. The van der Waals surface area contributed by atoms with Crippen LogP contribution >= 0.6 is 0 Å². The van der Waals surface area contributed by atoms with E-state index in [1.165, 1.54) is 11.1 Å². The maximum absolute atomic E-state index is 11.6. The number of hydrogen-bond donors (Lipinski definition) is 1. The molecule has 1 saturated heterocycles. The zero-order chi connectivity index (χ0) is 22.1. The predicted molar refractivity (Wildman–Crippen MR) is 125 cm³/mol. The summed E-state index contributed by atoms with van der Waals surface area (Å²) in [6.07, 6.45) is 2.68. The Bertz CT molecular complexity index is 1260. The van der Waals surface area contributed by atoms with Crippen molar-refractivity contribution in [2.24, 2.45) is 0 Å². The van der Waals surface area contributed by atoms with Gasteiger partial charge in [0.1, 0.15) is 11.8 Å². The van der Waals surface area contributed by atoms with E-state index < -0.39 is 12.0 Å². The number of hydrogen-bond acceptors (Lipinski definition) is 4. The van der Waals surface area contributed by atoms with E-state index >= 15 is 0 Å². The zero-order valence-electron chi connectivity index (χ0n) is 18.1. The fraction of sp³-hybridized carbons (Fsp3) is 0.259. The Morgan fingerprint density at radius 1 is 1.06 bits per heavy atom. The SMILES string of the molecule is Cc1c(-c2ccccc2)cccc1-c1cc2ccc(CN3CCCC[C@H]3C(=O)O)nc2o1. The van der Waals surface area contributed by atoms with Crippen LogP contribution in [0.2, 0.25) is 0 Å². The van der Waals surface area contributed by atoms with Crippen LogP contribution in [0.1, 0.15) is 30.5 Å². The second-order valence-corrected chi connectivity index (χ2v) is 8.47. The van der Waals surface area contributed by atoms with Crippen LogP contribution in [0, 0.1) is 6.92 Å². The van der Waals surface area contributed by atoms with Crippen molar-refractivity contribution in [3.05, 3.63) is 78.0 Å². The predicted octanol–water partition coefficient (Wildman–Crippen LogP) is 5.91. The van der Waals surface area contributed by atoms with Gasteiger partial charge < -0.3 is 9.52 Å². The highest BCUT2D eigenvalue weighted by molar-refractivity contribution is 5.83. The van der Waals surface area contributed by atoms with Crippen LogP contribution in [0.15, 0.2) is 71.1 Å². The van der Waals surface area contributed by atoms with Crippen LogP contribution in [-0.4, -0.2) is 33.5 Å². The monoisotopic (exact) mass is 426 g/mol. The van der Waals surface area contributed by atoms with Gasteiger partial charge in [0.15, 0.2) is 0 Å². The average Bonchev–Trinajstić information content (AvgIpc) is 3.23. The van der Waals surface area contributed by atoms with Crippen LogP contribution in [0.5, 0.6) is 0 Å². The second kappa shape index (κ2) is 8.60. The third-order valence-electron chi connectivity index (χ3n) is 6.39. The number of furan rings is 1. The molecule has 162 valence electrons. The number of aromatic nitrogens is 1. The fourth-order valence-corrected chi connectivity index (χ4v) is 4.68. The van der Waals surface area contributed by atoms with Crippen LogP contribution in [-0.2, 0) is 11.3 Å². The van der Waals surface area contributed by atoms with Gasteiger partial charge in [-0.3, -0.25) is 9.69 Å². The van der Waals surface area contributed by atoms with Crippen molar-refractivity contribution in [1.82, 2.24) is 9.88 Å². The molecule has 0 unspecified atom stereocenters. The third-order valence-corrected chi connectivity index (χ3v) is 6.39. The molecule has 1 atom stereocenters. The van der Waals surface area contributed by atoms with Crippen LogP contribution < -0.4 is 0 Å². The number of fused-ring (bicyclic) bond motifs is 1. The van der Waals surface area contributed by atoms with Crippen molar-refractivity contribution < 1.29 is 14.3 Å². The van der Waals surface area contributed by atoms with Gasteiger partial charge in [0.25, 0.3) is 0 Å². The van der Waals surface area contributed by atoms with Gasteiger partial charge >= 0.3 is 5.97 Å². The number of carboxylic acids is 1. The van der Waals surface area contributed by atoms with Gasteiger partial charge in [-0.2, -0.15) is 0 Å². The summed E-state index contributed by atoms with van der Waals surface area (Å²) in [6.45, 7) is 3.42. The molecular formula is C27H26N2O3. The number of benzene rings is 2. The van der Waals surface area contributed by atoms with Gasteiger partial charge in [-0.05, 0) is 61.2 Å². The van der Waals surface area contributed by atoms with Gasteiger partial charge in [-0.15, -0.1) is 0 Å². The number of carbonyl (C=O) groups is 1. The summed E-state index contributed by atoms with van der Waals surface area (Å²) in [7, 11) is 0. The first-order valence-electron chi connectivity index (χ1n) is 11.1. The first kappa shape index (κ1) is 20.5. The lowest BCUT2D eigenvalue weighted by Gasteiger charge is -2.32. The van der Waals surface area contributed by atoms with Crippen molar-refractivity contribution >= 4 is 17.1 Å². The van der Waals surface area contributed by atoms with E-state index in [1.54, 1.807) is 0 Å². The molecule has 5 heteroatoms. The molecule has 32 heavy (non-hydrogen) atoms. The normalized spacial score (nSPS) is 17.0. The van der Waals surface area contributed by atoms with E-state index in [0.29, 0.717) is 18.7 Å². The van der Waals surface area contributed by atoms with Gasteiger partial charge in [0.2, 0.25) is 5.71 Å². The topological polar surface area (TPSA) is 66.6 Å². The molecule has 2 aromatic heterocycles. The second-order valence-electron chi connectivity index (χ2n) is 8.47. The molecule has 0 spiro atoms. The summed E-state index contributed by atoms with van der Waals surface area (Å²) in [6, 6.07) is 22.2. The Balaban J connectivity index is 1.46. The Hall–Kier alpha value is -3.44. The van der Waals surface area contributed by atoms with Crippen molar-refractivity contribution in [3.63, 3.8) is 0 Å². The maximum Gasteiger partial charge on any atom is 0.320 e. The quantitative estimate of drug-likeness (QED) is 0.430. The van der Waals surface area contributed by atoms with Crippen molar-refractivity contribution in [1.29, 1.82) is 0 Å². The maximum atomic E-state index is 11.6. The molecule has 5 nitrogen and oxygen atoms in total. The Kier molecular flexibility index (Phi) is 5.50. The minimum atomic E-state index is -0.750. The smallest absolute Gasteiger partial charge is 0.320 e. The molecule has 5 rings (SSSR count). The summed E-state index contributed by atoms with van der Waals surface area (Å²) < 4.78 is 6.18. The van der Waals surface area contributed by atoms with Gasteiger partial charge in [-0.1, -0.05) is 55.0 Å². The van der Waals surface area contributed by atoms with E-state index in [2.05, 4.69) is 37.3 Å². The van der Waals surface area contributed by atoms with E-state index in [0.717, 1.165) is 47.4 Å². The first-order chi connectivity index (χ1) is 15.6. The molecular weight excluding hydrogens is 400 g/mol. The van der Waals surface area contributed by atoms with E-state index in [-0.39, 0.29) is 0 Å². The number of pyridine rings is 1. The number of nitrogens with zero attached hydrogens (tertiary/aromatic N) is 2. The van der Waals surface area contributed by atoms with Gasteiger partial charge in [-0.25, -0.2) is 4.98 Å². The molecule has 1 N–H and O–H groups in total. The molecule has 4 aromatic rings. The van der Waals surface area contributed by atoms with Gasteiger partial charge in [0, 0.05) is 17.5 Å². The lowest BCUT2D eigenvalue weighted by atomic mass is 9.95. The number of piperidine rings is 1. The highest BCUT2D eigenvalue weighted by atomic mass is 16.4. The molecule has 2 aromatic carbocycles. The highest BCUT2D eigenvalue weighted by Gasteiger charge is 2.28. The molecule has 1 aliphatic heterocycles. The van der Waals surface area contributed by atoms with Crippen molar-refractivity contribution in [3.8, 4) is 22.5 Å². The Morgan fingerprint density at radius 3 is 2.69 bits per heavy atom. The van der Waals surface area contributed by atoms with Crippen LogP contribution in [0.3, 0.4) is 0 Å². The number of likely N-dealkylation sites (tertiary alicyclic amines) is 1. The number of carboxylic acid groups (broad SMARTS) is 1. The molecule has 0 radical (unpaired) electrons. The largest absolute Gasteiger partial charge is 0.480 e. The summed E-state index contributed by atoms with van der Waals surface area (Å²) in [5, 5.41) is 10.5. The minimum absolute atomic E-state index is 0.434. The molecule has 0 aliphatic carbocycles. The summed E-state index contributed by atoms with van der Waals surface area (Å²) >= 11 is 0. The van der Waals surface area contributed by atoms with Crippen LogP contribution in [0.25, 0.3) is 33.6 Å². The Labute approximate surface area is 187 Å². The molecule has 1 fully saturated rings. The van der Waals surface area contributed by atoms with Crippen molar-refractivity contribution in [2.75, 3.05) is 6.54 Å². The Morgan fingerprint density at radius 2 is 1.88 bits per heavy atom. The lowest BCUT2D eigenvalue weighted by molar-refractivity contribution is -0.144. The van der Waals surface area contributed by atoms with E-state index in [9.17, 15) is 9.90 Å². The molecule has 3 heterocycles. The van der Waals surface area contributed by atoms with E-state index in [4.69, 9.17) is 9.40 Å². The first-order valence-corrected chi connectivity index (χ1v) is 11.1. The van der Waals surface area contributed by atoms with Gasteiger partial charge in [0.05, 0.1) is 5.69 Å². The standard InChI is InChI=1S/C27H26N2O3/c1-18-22(19-8-3-2-4-9-19)10-7-11-23(18)25-16-20-13-14-21(28-26(20)32-25)17-29-15-6-5-12-24(29)27(30)31/h2-4,7-11,13-14,16,24H,5-6,12,15,17H2,1H3,(H,30,31)/t24-/m0/s1. The fourth-order valence-electron chi connectivity index (χ4n) is 4.68. The van der Waals surface area contributed by atoms with Crippen LogP contribution in [0.4, 0.5) is 0 Å². The van der Waals surface area contributed by atoms with E-state index in [1.807, 2.05) is 41.3 Å². The molecule has 0 bridgehead atoms. The number of aliphatic carboxylic acids is 1. The average molecular weight is 427 g/mol.